The summed E-state index contributed by atoms with van der Waals surface area (Å²) in [6.07, 6.45) is 0. The van der Waals surface area contributed by atoms with Gasteiger partial charge >= 0.3 is 0 Å². The van der Waals surface area contributed by atoms with Crippen LogP contribution in [0.5, 0.6) is 5.75 Å². The number of benzene rings is 2. The Hall–Kier alpha value is -2.86. The molecule has 5 N–H and O–H groups in total. The quantitative estimate of drug-likeness (QED) is 0.249. The number of amides is 2. The Labute approximate surface area is 115 Å². The number of phenolic OH excluding ortho intramolecular Hbond substituents is 1. The average molecular weight is 271 g/mol. The molecule has 102 valence electrons. The highest BCUT2D eigenvalue weighted by Crippen LogP contribution is 2.19. The number of para-hydroxylation sites is 2. The van der Waals surface area contributed by atoms with Crippen molar-refractivity contribution in [2.45, 2.75) is 0 Å². The van der Waals surface area contributed by atoms with Gasteiger partial charge in [-0.15, -0.1) is 0 Å². The maximum absolute atomic E-state index is 12.1. The monoisotopic (exact) mass is 271 g/mol. The van der Waals surface area contributed by atoms with Gasteiger partial charge in [-0.3, -0.25) is 9.59 Å². The van der Waals surface area contributed by atoms with Crippen LogP contribution < -0.4 is 11.6 Å². The van der Waals surface area contributed by atoms with Crippen LogP contribution in [0.2, 0.25) is 0 Å². The van der Waals surface area contributed by atoms with Crippen molar-refractivity contribution in [2.24, 2.45) is 5.84 Å². The van der Waals surface area contributed by atoms with E-state index in [4.69, 9.17) is 11.6 Å². The van der Waals surface area contributed by atoms with Crippen LogP contribution in [0.3, 0.4) is 0 Å². The topological polar surface area (TPSA) is 110 Å². The second kappa shape index (κ2) is 5.41. The molecule has 20 heavy (non-hydrogen) atoms. The molecular weight excluding hydrogens is 258 g/mol. The van der Waals surface area contributed by atoms with Crippen LogP contribution in [0.4, 0.5) is 5.69 Å². The second-order valence-corrected chi connectivity index (χ2v) is 4.08. The number of aromatic hydroxyl groups is 1. The lowest BCUT2D eigenvalue weighted by Crippen LogP contribution is -2.42. The number of phenols is 1. The molecule has 0 unspecified atom stereocenters. The highest BCUT2D eigenvalue weighted by atomic mass is 16.3. The van der Waals surface area contributed by atoms with Gasteiger partial charge in [0, 0.05) is 5.69 Å². The number of rotatable bonds is 2. The first-order chi connectivity index (χ1) is 9.52. The maximum Gasteiger partial charge on any atom is 0.278 e. The van der Waals surface area contributed by atoms with E-state index in [2.05, 4.69) is 0 Å². The predicted octanol–water partition coefficient (Wildman–Crippen LogP) is 1.13. The molecule has 0 radical (unpaired) electrons. The summed E-state index contributed by atoms with van der Waals surface area (Å²) >= 11 is 0. The normalized spacial score (nSPS) is 10.1. The lowest BCUT2D eigenvalue weighted by molar-refractivity contribution is 0.0614. The summed E-state index contributed by atoms with van der Waals surface area (Å²) in [6, 6.07) is 12.1. The standard InChI is InChI=1S/C14H13N3O3/c15-11-7-3-1-5-9(11)13(19)17(16)14(20)10-6-2-4-8-12(10)18/h1-8,18H,15-16H2. The van der Waals surface area contributed by atoms with E-state index in [0.717, 1.165) is 0 Å². The molecule has 0 saturated heterocycles. The number of nitrogen functional groups attached to an aromatic ring is 1. The summed E-state index contributed by atoms with van der Waals surface area (Å²) < 4.78 is 0. The molecule has 0 fully saturated rings. The van der Waals surface area contributed by atoms with Crippen LogP contribution in [0.25, 0.3) is 0 Å². The fourth-order valence-corrected chi connectivity index (χ4v) is 1.70. The lowest BCUT2D eigenvalue weighted by atomic mass is 10.1. The molecule has 0 spiro atoms. The van der Waals surface area contributed by atoms with E-state index in [1.165, 1.54) is 24.3 Å². The minimum absolute atomic E-state index is 0.0575. The number of hydrogen-bond acceptors (Lipinski definition) is 5. The van der Waals surface area contributed by atoms with Crippen LogP contribution in [-0.4, -0.2) is 21.9 Å². The molecule has 2 amide bonds. The molecule has 0 aliphatic heterocycles. The third-order valence-corrected chi connectivity index (χ3v) is 2.76. The SMILES string of the molecule is Nc1ccccc1C(=O)N(N)C(=O)c1ccccc1O. The largest absolute Gasteiger partial charge is 0.507 e. The van der Waals surface area contributed by atoms with E-state index < -0.39 is 11.8 Å². The summed E-state index contributed by atoms with van der Waals surface area (Å²) in [6.45, 7) is 0. The number of nitrogens with two attached hydrogens (primary N) is 2. The van der Waals surface area contributed by atoms with E-state index in [1.807, 2.05) is 0 Å². The number of nitrogens with zero attached hydrogens (tertiary/aromatic N) is 1. The van der Waals surface area contributed by atoms with E-state index in [9.17, 15) is 14.7 Å². The van der Waals surface area contributed by atoms with Gasteiger partial charge in [0.2, 0.25) is 0 Å². The molecule has 2 rings (SSSR count). The number of imide groups is 1. The van der Waals surface area contributed by atoms with E-state index in [1.54, 1.807) is 24.3 Å². The van der Waals surface area contributed by atoms with Gasteiger partial charge in [0.25, 0.3) is 11.8 Å². The molecule has 0 atom stereocenters. The van der Waals surface area contributed by atoms with E-state index in [-0.39, 0.29) is 22.6 Å². The summed E-state index contributed by atoms with van der Waals surface area (Å²) in [5, 5.41) is 10.0. The van der Waals surface area contributed by atoms with Crippen molar-refractivity contribution in [3.05, 3.63) is 59.7 Å². The van der Waals surface area contributed by atoms with Gasteiger partial charge in [-0.1, -0.05) is 24.3 Å². The van der Waals surface area contributed by atoms with Crippen LogP contribution in [0, 0.1) is 0 Å². The first-order valence-electron chi connectivity index (χ1n) is 5.78. The molecule has 2 aromatic rings. The van der Waals surface area contributed by atoms with Crippen LogP contribution >= 0.6 is 0 Å². The summed E-state index contributed by atoms with van der Waals surface area (Å²) in [5.74, 6) is 3.73. The molecule has 0 aliphatic carbocycles. The predicted molar refractivity (Wildman–Crippen MR) is 73.6 cm³/mol. The van der Waals surface area contributed by atoms with Crippen molar-refractivity contribution in [1.29, 1.82) is 0 Å². The van der Waals surface area contributed by atoms with Crippen molar-refractivity contribution in [1.82, 2.24) is 5.01 Å². The molecule has 0 saturated carbocycles. The van der Waals surface area contributed by atoms with Crippen molar-refractivity contribution in [3.63, 3.8) is 0 Å². The van der Waals surface area contributed by atoms with Crippen molar-refractivity contribution >= 4 is 17.5 Å². The van der Waals surface area contributed by atoms with Gasteiger partial charge in [-0.25, -0.2) is 10.9 Å². The van der Waals surface area contributed by atoms with Crippen LogP contribution in [0.15, 0.2) is 48.5 Å². The molecule has 0 heterocycles. The third kappa shape index (κ3) is 2.45. The second-order valence-electron chi connectivity index (χ2n) is 4.08. The average Bonchev–Trinajstić information content (AvgIpc) is 2.46. The summed E-state index contributed by atoms with van der Waals surface area (Å²) in [7, 11) is 0. The third-order valence-electron chi connectivity index (χ3n) is 2.76. The number of carbonyl (C=O) groups is 2. The van der Waals surface area contributed by atoms with Crippen molar-refractivity contribution < 1.29 is 14.7 Å². The van der Waals surface area contributed by atoms with Gasteiger partial charge in [-0.2, -0.15) is 0 Å². The van der Waals surface area contributed by atoms with Gasteiger partial charge in [0.1, 0.15) is 5.75 Å². The van der Waals surface area contributed by atoms with Gasteiger partial charge in [-0.05, 0) is 24.3 Å². The molecular formula is C14H13N3O3. The molecule has 2 aromatic carbocycles. The minimum atomic E-state index is -0.809. The van der Waals surface area contributed by atoms with Crippen LogP contribution in [0.1, 0.15) is 20.7 Å². The van der Waals surface area contributed by atoms with Gasteiger partial charge in [0.05, 0.1) is 11.1 Å². The van der Waals surface area contributed by atoms with Gasteiger partial charge < -0.3 is 10.8 Å². The Morgan fingerprint density at radius 3 is 2.00 bits per heavy atom. The summed E-state index contributed by atoms with van der Waals surface area (Å²) in [5.41, 5.74) is 5.95. The molecule has 0 bridgehead atoms. The Bertz CT molecular complexity index is 613. The summed E-state index contributed by atoms with van der Waals surface area (Å²) in [4.78, 5) is 24.2. The first kappa shape index (κ1) is 13.6. The molecule has 6 nitrogen and oxygen atoms in total. The molecule has 0 aromatic heterocycles. The fourth-order valence-electron chi connectivity index (χ4n) is 1.70. The maximum atomic E-state index is 12.1. The Kier molecular flexibility index (Phi) is 3.67. The van der Waals surface area contributed by atoms with Crippen molar-refractivity contribution in [2.75, 3.05) is 5.73 Å². The van der Waals surface area contributed by atoms with Crippen molar-refractivity contribution in [3.8, 4) is 5.75 Å². The first-order valence-corrected chi connectivity index (χ1v) is 5.78. The Morgan fingerprint density at radius 2 is 1.40 bits per heavy atom. The number of hydrazine groups is 1. The molecule has 6 heteroatoms. The lowest BCUT2D eigenvalue weighted by Gasteiger charge is -2.16. The highest BCUT2D eigenvalue weighted by molar-refractivity contribution is 6.12. The number of carbonyl (C=O) groups excluding carboxylic acids is 2. The van der Waals surface area contributed by atoms with Gasteiger partial charge in [0.15, 0.2) is 0 Å². The smallest absolute Gasteiger partial charge is 0.278 e. The van der Waals surface area contributed by atoms with E-state index in [0.29, 0.717) is 5.01 Å². The number of anilines is 1. The minimum Gasteiger partial charge on any atom is -0.507 e. The molecule has 0 aliphatic rings. The Morgan fingerprint density at radius 1 is 0.900 bits per heavy atom. The zero-order chi connectivity index (χ0) is 14.7. The van der Waals surface area contributed by atoms with E-state index >= 15 is 0 Å². The zero-order valence-electron chi connectivity index (χ0n) is 10.5. The zero-order valence-corrected chi connectivity index (χ0v) is 10.5. The highest BCUT2D eigenvalue weighted by Gasteiger charge is 2.24. The Balaban J connectivity index is 2.30. The number of hydrogen-bond donors (Lipinski definition) is 3. The fraction of sp³-hybridized carbons (Fsp3) is 0. The van der Waals surface area contributed by atoms with Crippen LogP contribution in [-0.2, 0) is 0 Å².